The minimum atomic E-state index is 0.210. The van der Waals surface area contributed by atoms with Gasteiger partial charge in [0, 0.05) is 32.1 Å². The maximum atomic E-state index is 12.3. The first-order valence-corrected chi connectivity index (χ1v) is 7.17. The smallest absolute Gasteiger partial charge is 0.225 e. The number of piperazine rings is 1. The molecule has 0 atom stereocenters. The highest BCUT2D eigenvalue weighted by Gasteiger charge is 2.28. The highest BCUT2D eigenvalue weighted by molar-refractivity contribution is 5.79. The molecule has 1 amide bonds. The molecule has 1 saturated heterocycles. The topological polar surface area (TPSA) is 40.6 Å². The predicted molar refractivity (Wildman–Crippen MR) is 70.3 cm³/mol. The lowest BCUT2D eigenvalue weighted by Gasteiger charge is -2.36. The molecule has 18 heavy (non-hydrogen) atoms. The summed E-state index contributed by atoms with van der Waals surface area (Å²) in [7, 11) is 0. The summed E-state index contributed by atoms with van der Waals surface area (Å²) in [5.74, 6) is 0.845. The van der Waals surface area contributed by atoms with Gasteiger partial charge >= 0.3 is 0 Å². The van der Waals surface area contributed by atoms with Crippen LogP contribution in [0, 0.1) is 5.92 Å². The quantitative estimate of drug-likeness (QED) is 0.760. The van der Waals surface area contributed by atoms with E-state index in [1.807, 2.05) is 4.90 Å². The summed E-state index contributed by atoms with van der Waals surface area (Å²) in [5.41, 5.74) is 0. The monoisotopic (exact) mass is 252 g/mol. The van der Waals surface area contributed by atoms with Gasteiger partial charge in [-0.3, -0.25) is 14.5 Å². The third-order valence-electron chi connectivity index (χ3n) is 4.08. The van der Waals surface area contributed by atoms with E-state index in [-0.39, 0.29) is 11.7 Å². The van der Waals surface area contributed by atoms with Crippen molar-refractivity contribution in [3.63, 3.8) is 0 Å². The maximum absolute atomic E-state index is 12.3. The van der Waals surface area contributed by atoms with Crippen molar-refractivity contribution in [2.24, 2.45) is 5.92 Å². The normalized spacial score (nSPS) is 23.1. The lowest BCUT2D eigenvalue weighted by molar-refractivity contribution is -0.138. The lowest BCUT2D eigenvalue weighted by Crippen LogP contribution is -2.51. The van der Waals surface area contributed by atoms with Crippen molar-refractivity contribution in [1.29, 1.82) is 0 Å². The van der Waals surface area contributed by atoms with Crippen LogP contribution in [-0.4, -0.2) is 54.2 Å². The Morgan fingerprint density at radius 2 is 1.61 bits per heavy atom. The highest BCUT2D eigenvalue weighted by Crippen LogP contribution is 2.25. The minimum absolute atomic E-state index is 0.210. The van der Waals surface area contributed by atoms with E-state index < -0.39 is 0 Å². The number of nitrogens with zero attached hydrogens (tertiary/aromatic N) is 2. The fourth-order valence-electron chi connectivity index (χ4n) is 3.05. The van der Waals surface area contributed by atoms with Crippen LogP contribution in [-0.2, 0) is 9.59 Å². The average molecular weight is 252 g/mol. The number of Topliss-reactive ketones (excluding diaryl/α,β-unsaturated/α-hetero) is 1. The third-order valence-corrected chi connectivity index (χ3v) is 4.08. The molecule has 0 aromatic heterocycles. The molecule has 2 rings (SSSR count). The minimum Gasteiger partial charge on any atom is -0.340 e. The number of carbonyl (C=O) groups is 2. The van der Waals surface area contributed by atoms with Crippen molar-refractivity contribution in [2.75, 3.05) is 32.7 Å². The molecule has 0 unspecified atom stereocenters. The first kappa shape index (κ1) is 13.5. The Hall–Kier alpha value is -0.900. The van der Waals surface area contributed by atoms with Gasteiger partial charge < -0.3 is 4.90 Å². The van der Waals surface area contributed by atoms with E-state index in [1.54, 1.807) is 6.92 Å². The Labute approximate surface area is 109 Å². The molecule has 0 radical (unpaired) electrons. The molecular weight excluding hydrogens is 228 g/mol. The molecule has 2 fully saturated rings. The fraction of sp³-hybridized carbons (Fsp3) is 0.857. The van der Waals surface area contributed by atoms with E-state index in [2.05, 4.69) is 4.90 Å². The van der Waals surface area contributed by atoms with Crippen LogP contribution in [0.3, 0.4) is 0 Å². The van der Waals surface area contributed by atoms with Crippen LogP contribution in [0.4, 0.5) is 0 Å². The summed E-state index contributed by atoms with van der Waals surface area (Å²) in [6, 6.07) is 0. The molecule has 0 aromatic carbocycles. The molecule has 1 heterocycles. The van der Waals surface area contributed by atoms with Gasteiger partial charge in [-0.2, -0.15) is 0 Å². The van der Waals surface area contributed by atoms with Gasteiger partial charge in [0.05, 0.1) is 6.54 Å². The second-order valence-corrected chi connectivity index (χ2v) is 5.64. The number of carbonyl (C=O) groups excluding carboxylic acids is 2. The Bertz CT molecular complexity index is 303. The molecule has 4 heteroatoms. The van der Waals surface area contributed by atoms with Gasteiger partial charge in [-0.1, -0.05) is 19.3 Å². The first-order chi connectivity index (χ1) is 8.66. The summed E-state index contributed by atoms with van der Waals surface area (Å²) < 4.78 is 0. The van der Waals surface area contributed by atoms with Gasteiger partial charge in [0.25, 0.3) is 0 Å². The van der Waals surface area contributed by atoms with Crippen molar-refractivity contribution >= 4 is 11.7 Å². The van der Waals surface area contributed by atoms with E-state index in [1.165, 1.54) is 19.3 Å². The van der Waals surface area contributed by atoms with E-state index in [0.29, 0.717) is 12.5 Å². The average Bonchev–Trinajstić information content (AvgIpc) is 2.39. The van der Waals surface area contributed by atoms with Crippen LogP contribution in [0.5, 0.6) is 0 Å². The molecule has 2 aliphatic rings. The van der Waals surface area contributed by atoms with E-state index in [4.69, 9.17) is 0 Å². The second kappa shape index (κ2) is 6.32. The van der Waals surface area contributed by atoms with Crippen molar-refractivity contribution < 1.29 is 9.59 Å². The predicted octanol–water partition coefficient (Wildman–Crippen LogP) is 1.30. The van der Waals surface area contributed by atoms with Gasteiger partial charge in [0.1, 0.15) is 5.78 Å². The lowest BCUT2D eigenvalue weighted by atomic mass is 9.88. The number of ketones is 1. The zero-order valence-electron chi connectivity index (χ0n) is 11.4. The number of rotatable bonds is 3. The van der Waals surface area contributed by atoms with Gasteiger partial charge in [0.15, 0.2) is 0 Å². The fourth-order valence-corrected chi connectivity index (χ4v) is 3.05. The number of amides is 1. The summed E-state index contributed by atoms with van der Waals surface area (Å²) in [4.78, 5) is 27.5. The van der Waals surface area contributed by atoms with E-state index in [0.717, 1.165) is 39.0 Å². The molecular formula is C14H24N2O2. The number of hydrogen-bond acceptors (Lipinski definition) is 3. The van der Waals surface area contributed by atoms with Crippen LogP contribution in [0.15, 0.2) is 0 Å². The van der Waals surface area contributed by atoms with E-state index >= 15 is 0 Å². The first-order valence-electron chi connectivity index (χ1n) is 7.17. The molecule has 102 valence electrons. The third kappa shape index (κ3) is 3.55. The second-order valence-electron chi connectivity index (χ2n) is 5.64. The van der Waals surface area contributed by atoms with Gasteiger partial charge in [-0.15, -0.1) is 0 Å². The molecule has 0 bridgehead atoms. The molecule has 0 N–H and O–H groups in total. The molecule has 0 aromatic rings. The van der Waals surface area contributed by atoms with Crippen LogP contribution >= 0.6 is 0 Å². The highest BCUT2D eigenvalue weighted by atomic mass is 16.2. The Kier molecular flexibility index (Phi) is 4.75. The van der Waals surface area contributed by atoms with Crippen molar-refractivity contribution in [1.82, 2.24) is 9.80 Å². The summed E-state index contributed by atoms with van der Waals surface area (Å²) >= 11 is 0. The Balaban J connectivity index is 1.78. The Morgan fingerprint density at radius 3 is 2.17 bits per heavy atom. The van der Waals surface area contributed by atoms with Crippen LogP contribution < -0.4 is 0 Å². The van der Waals surface area contributed by atoms with Crippen LogP contribution in [0.25, 0.3) is 0 Å². The van der Waals surface area contributed by atoms with Crippen LogP contribution in [0.2, 0.25) is 0 Å². The van der Waals surface area contributed by atoms with E-state index in [9.17, 15) is 9.59 Å². The van der Waals surface area contributed by atoms with Crippen molar-refractivity contribution in [3.05, 3.63) is 0 Å². The van der Waals surface area contributed by atoms with Crippen LogP contribution in [0.1, 0.15) is 39.0 Å². The molecule has 1 aliphatic heterocycles. The molecule has 1 aliphatic carbocycles. The molecule has 1 saturated carbocycles. The van der Waals surface area contributed by atoms with Gasteiger partial charge in [0.2, 0.25) is 5.91 Å². The largest absolute Gasteiger partial charge is 0.340 e. The van der Waals surface area contributed by atoms with Gasteiger partial charge in [-0.25, -0.2) is 0 Å². The maximum Gasteiger partial charge on any atom is 0.225 e. The summed E-state index contributed by atoms with van der Waals surface area (Å²) in [6.07, 6.45) is 5.86. The van der Waals surface area contributed by atoms with Crippen molar-refractivity contribution in [2.45, 2.75) is 39.0 Å². The SMILES string of the molecule is CC(=O)CN1CCN(C(=O)C2CCCCC2)CC1. The Morgan fingerprint density at radius 1 is 1.00 bits per heavy atom. The summed E-state index contributed by atoms with van der Waals surface area (Å²) in [6.45, 7) is 5.44. The molecule has 4 nitrogen and oxygen atoms in total. The zero-order chi connectivity index (χ0) is 13.0. The standard InChI is InChI=1S/C14H24N2O2/c1-12(17)11-15-7-9-16(10-8-15)14(18)13-5-3-2-4-6-13/h13H,2-11H2,1H3. The summed E-state index contributed by atoms with van der Waals surface area (Å²) in [5, 5.41) is 0. The zero-order valence-corrected chi connectivity index (χ0v) is 11.4. The molecule has 0 spiro atoms. The van der Waals surface area contributed by atoms with Gasteiger partial charge in [-0.05, 0) is 19.8 Å². The number of hydrogen-bond donors (Lipinski definition) is 0. The van der Waals surface area contributed by atoms with Crippen molar-refractivity contribution in [3.8, 4) is 0 Å².